The number of aromatic hydroxyl groups is 2. The molecule has 2 aromatic carbocycles. The minimum absolute atomic E-state index is 0.167. The van der Waals surface area contributed by atoms with E-state index < -0.39 is 0 Å². The molecule has 0 saturated carbocycles. The van der Waals surface area contributed by atoms with Crippen LogP contribution in [0, 0.1) is 13.8 Å². The van der Waals surface area contributed by atoms with E-state index in [0.29, 0.717) is 33.9 Å². The Bertz CT molecular complexity index is 1150. The SMILES string of the molecule is CCc1c(Oc2c(C)nc3c(O)cccc3c2CC)c(C)nc2c(O)cccc12. The number of phenols is 2. The van der Waals surface area contributed by atoms with Gasteiger partial charge in [0, 0.05) is 21.9 Å². The molecule has 0 fully saturated rings. The number of benzene rings is 2. The van der Waals surface area contributed by atoms with E-state index in [1.165, 1.54) is 0 Å². The number of hydrogen-bond donors (Lipinski definition) is 2. The van der Waals surface area contributed by atoms with Gasteiger partial charge in [0.1, 0.15) is 22.5 Å². The van der Waals surface area contributed by atoms with Crippen LogP contribution in [0.15, 0.2) is 36.4 Å². The summed E-state index contributed by atoms with van der Waals surface area (Å²) >= 11 is 0. The summed E-state index contributed by atoms with van der Waals surface area (Å²) in [4.78, 5) is 9.21. The lowest BCUT2D eigenvalue weighted by atomic mass is 10.0. The third-order valence-electron chi connectivity index (χ3n) is 5.36. The van der Waals surface area contributed by atoms with Crippen molar-refractivity contribution < 1.29 is 14.9 Å². The summed E-state index contributed by atoms with van der Waals surface area (Å²) in [5.74, 6) is 1.73. The van der Waals surface area contributed by atoms with Gasteiger partial charge in [0.2, 0.25) is 0 Å². The highest BCUT2D eigenvalue weighted by Crippen LogP contribution is 2.40. The fourth-order valence-corrected chi connectivity index (χ4v) is 3.98. The summed E-state index contributed by atoms with van der Waals surface area (Å²) in [6.45, 7) is 7.91. The number of aryl methyl sites for hydroxylation is 4. The summed E-state index contributed by atoms with van der Waals surface area (Å²) < 4.78 is 6.49. The van der Waals surface area contributed by atoms with E-state index in [-0.39, 0.29) is 11.5 Å². The molecule has 0 saturated heterocycles. The molecule has 148 valence electrons. The molecule has 5 heteroatoms. The fourth-order valence-electron chi connectivity index (χ4n) is 3.98. The number of phenolic OH excluding ortho intramolecular Hbond substituents is 2. The Labute approximate surface area is 169 Å². The van der Waals surface area contributed by atoms with Crippen LogP contribution in [0.4, 0.5) is 0 Å². The van der Waals surface area contributed by atoms with Crippen LogP contribution in [-0.2, 0) is 12.8 Å². The molecule has 2 aromatic heterocycles. The van der Waals surface area contributed by atoms with Crippen LogP contribution >= 0.6 is 0 Å². The quantitative estimate of drug-likeness (QED) is 0.467. The summed E-state index contributed by atoms with van der Waals surface area (Å²) in [5, 5.41) is 22.2. The second-order valence-corrected chi connectivity index (χ2v) is 7.17. The first-order valence-corrected chi connectivity index (χ1v) is 9.86. The average Bonchev–Trinajstić information content (AvgIpc) is 2.70. The molecule has 2 heterocycles. The molecule has 0 spiro atoms. The van der Waals surface area contributed by atoms with Crippen molar-refractivity contribution in [3.63, 3.8) is 0 Å². The van der Waals surface area contributed by atoms with E-state index in [9.17, 15) is 10.2 Å². The fraction of sp³-hybridized carbons (Fsp3) is 0.250. The lowest BCUT2D eigenvalue weighted by molar-refractivity contribution is 0.458. The van der Waals surface area contributed by atoms with E-state index in [1.807, 2.05) is 38.1 Å². The van der Waals surface area contributed by atoms with E-state index in [1.54, 1.807) is 12.1 Å². The molecule has 5 nitrogen and oxygen atoms in total. The van der Waals surface area contributed by atoms with Gasteiger partial charge < -0.3 is 14.9 Å². The largest absolute Gasteiger partial charge is 0.506 e. The monoisotopic (exact) mass is 388 g/mol. The van der Waals surface area contributed by atoms with Crippen molar-refractivity contribution in [2.45, 2.75) is 40.5 Å². The number of pyridine rings is 2. The van der Waals surface area contributed by atoms with Crippen molar-refractivity contribution in [1.29, 1.82) is 0 Å². The normalized spacial score (nSPS) is 11.3. The first kappa shape index (κ1) is 19.0. The minimum atomic E-state index is 0.167. The summed E-state index contributed by atoms with van der Waals surface area (Å²) in [6.07, 6.45) is 1.47. The molecule has 0 aliphatic heterocycles. The van der Waals surface area contributed by atoms with Crippen LogP contribution in [-0.4, -0.2) is 20.2 Å². The first-order chi connectivity index (χ1) is 14.0. The predicted octanol–water partition coefficient (Wildman–Crippen LogP) is 5.73. The van der Waals surface area contributed by atoms with Gasteiger partial charge >= 0.3 is 0 Å². The van der Waals surface area contributed by atoms with Crippen molar-refractivity contribution in [2.75, 3.05) is 0 Å². The molecule has 0 bridgehead atoms. The zero-order valence-electron chi connectivity index (χ0n) is 17.1. The molecule has 4 rings (SSSR count). The molecular weight excluding hydrogens is 364 g/mol. The highest BCUT2D eigenvalue weighted by Gasteiger charge is 2.20. The topological polar surface area (TPSA) is 75.5 Å². The highest BCUT2D eigenvalue weighted by atomic mass is 16.5. The van der Waals surface area contributed by atoms with Gasteiger partial charge in [-0.1, -0.05) is 38.1 Å². The molecular formula is C24H24N2O3. The van der Waals surface area contributed by atoms with Crippen LogP contribution in [0.2, 0.25) is 0 Å². The number of fused-ring (bicyclic) bond motifs is 2. The number of nitrogens with zero attached hydrogens (tertiary/aromatic N) is 2. The molecule has 29 heavy (non-hydrogen) atoms. The van der Waals surface area contributed by atoms with Crippen molar-refractivity contribution in [3.05, 3.63) is 58.9 Å². The minimum Gasteiger partial charge on any atom is -0.506 e. The van der Waals surface area contributed by atoms with Gasteiger partial charge in [-0.05, 0) is 38.8 Å². The van der Waals surface area contributed by atoms with Crippen molar-refractivity contribution >= 4 is 21.8 Å². The second kappa shape index (κ2) is 7.24. The van der Waals surface area contributed by atoms with Gasteiger partial charge in [0.25, 0.3) is 0 Å². The molecule has 0 radical (unpaired) electrons. The number of rotatable bonds is 4. The molecule has 4 aromatic rings. The van der Waals surface area contributed by atoms with Crippen molar-refractivity contribution in [1.82, 2.24) is 9.97 Å². The van der Waals surface area contributed by atoms with E-state index in [0.717, 1.165) is 34.7 Å². The van der Waals surface area contributed by atoms with Crippen molar-refractivity contribution in [2.24, 2.45) is 0 Å². The lowest BCUT2D eigenvalue weighted by Gasteiger charge is -2.19. The molecule has 0 atom stereocenters. The average molecular weight is 388 g/mol. The molecule has 2 N–H and O–H groups in total. The summed E-state index contributed by atoms with van der Waals surface area (Å²) in [5.41, 5.74) is 4.61. The predicted molar refractivity (Wildman–Crippen MR) is 115 cm³/mol. The van der Waals surface area contributed by atoms with Crippen LogP contribution in [0.3, 0.4) is 0 Å². The molecule has 0 aliphatic carbocycles. The summed E-state index contributed by atoms with van der Waals surface area (Å²) in [7, 11) is 0. The molecule has 0 amide bonds. The Balaban J connectivity index is 1.97. The van der Waals surface area contributed by atoms with E-state index in [4.69, 9.17) is 4.74 Å². The Morgan fingerprint density at radius 1 is 0.724 bits per heavy atom. The first-order valence-electron chi connectivity index (χ1n) is 9.86. The van der Waals surface area contributed by atoms with Gasteiger partial charge in [-0.15, -0.1) is 0 Å². The Morgan fingerprint density at radius 3 is 1.52 bits per heavy atom. The zero-order valence-corrected chi connectivity index (χ0v) is 17.1. The van der Waals surface area contributed by atoms with E-state index >= 15 is 0 Å². The smallest absolute Gasteiger partial charge is 0.152 e. The third-order valence-corrected chi connectivity index (χ3v) is 5.36. The Kier molecular flexibility index (Phi) is 4.74. The van der Waals surface area contributed by atoms with Crippen LogP contribution < -0.4 is 4.74 Å². The molecule has 0 aliphatic rings. The third kappa shape index (κ3) is 3.03. The van der Waals surface area contributed by atoms with Gasteiger partial charge in [-0.25, -0.2) is 9.97 Å². The number of hydrogen-bond acceptors (Lipinski definition) is 5. The maximum absolute atomic E-state index is 10.2. The maximum atomic E-state index is 10.2. The van der Waals surface area contributed by atoms with Crippen LogP contribution in [0.5, 0.6) is 23.0 Å². The van der Waals surface area contributed by atoms with Gasteiger partial charge in [0.15, 0.2) is 11.5 Å². The zero-order chi connectivity index (χ0) is 20.7. The van der Waals surface area contributed by atoms with Crippen LogP contribution in [0.1, 0.15) is 36.4 Å². The van der Waals surface area contributed by atoms with Gasteiger partial charge in [-0.3, -0.25) is 0 Å². The maximum Gasteiger partial charge on any atom is 0.152 e. The standard InChI is InChI=1S/C24H24N2O3/c1-5-15-17-9-7-11-19(27)21(17)25-13(3)23(15)29-24-14(4)26-22-18(16(24)6-2)10-8-12-20(22)28/h7-12,27-28H,5-6H2,1-4H3. The second-order valence-electron chi connectivity index (χ2n) is 7.17. The van der Waals surface area contributed by atoms with E-state index in [2.05, 4.69) is 23.8 Å². The number of aromatic nitrogens is 2. The van der Waals surface area contributed by atoms with Gasteiger partial charge in [-0.2, -0.15) is 0 Å². The lowest BCUT2D eigenvalue weighted by Crippen LogP contribution is -2.03. The summed E-state index contributed by atoms with van der Waals surface area (Å²) in [6, 6.07) is 10.8. The van der Waals surface area contributed by atoms with Crippen LogP contribution in [0.25, 0.3) is 21.8 Å². The Hall–Kier alpha value is -3.34. The Morgan fingerprint density at radius 2 is 1.14 bits per heavy atom. The number of para-hydroxylation sites is 2. The highest BCUT2D eigenvalue weighted by molar-refractivity contribution is 5.91. The van der Waals surface area contributed by atoms with Gasteiger partial charge in [0.05, 0.1) is 11.4 Å². The van der Waals surface area contributed by atoms with Crippen molar-refractivity contribution in [3.8, 4) is 23.0 Å². The number of ether oxygens (including phenoxy) is 1. The molecule has 0 unspecified atom stereocenters.